The average molecular weight is 387 g/mol. The van der Waals surface area contributed by atoms with Gasteiger partial charge in [-0.2, -0.15) is 0 Å². The molecule has 0 atom stereocenters. The Kier molecular flexibility index (Phi) is 5.47. The number of carbonyl (C=O) groups excluding carboxylic acids is 1. The first-order valence-corrected chi connectivity index (χ1v) is 9.46. The lowest BCUT2D eigenvalue weighted by Crippen LogP contribution is -2.12. The van der Waals surface area contributed by atoms with E-state index >= 15 is 0 Å². The Morgan fingerprint density at radius 2 is 1.69 bits per heavy atom. The number of hydrogen-bond donors (Lipinski definition) is 1. The summed E-state index contributed by atoms with van der Waals surface area (Å²) in [4.78, 5) is 12.5. The zero-order valence-electron chi connectivity index (χ0n) is 16.1. The van der Waals surface area contributed by atoms with Crippen molar-refractivity contribution in [3.05, 3.63) is 90.4 Å². The Labute approximate surface area is 168 Å². The highest BCUT2D eigenvalue weighted by Crippen LogP contribution is 2.25. The van der Waals surface area contributed by atoms with E-state index in [2.05, 4.69) is 11.4 Å². The quantitative estimate of drug-likeness (QED) is 0.444. The smallest absolute Gasteiger partial charge is 0.291 e. The number of rotatable bonds is 7. The van der Waals surface area contributed by atoms with Crippen molar-refractivity contribution in [1.82, 2.24) is 0 Å². The number of para-hydroxylation sites is 2. The number of anilines is 1. The van der Waals surface area contributed by atoms with Crippen LogP contribution in [0.2, 0.25) is 0 Å². The highest BCUT2D eigenvalue weighted by molar-refractivity contribution is 6.03. The molecule has 0 radical (unpaired) electrons. The van der Waals surface area contributed by atoms with Gasteiger partial charge in [-0.25, -0.2) is 0 Å². The van der Waals surface area contributed by atoms with Gasteiger partial charge >= 0.3 is 0 Å². The molecule has 0 aliphatic heterocycles. The van der Waals surface area contributed by atoms with E-state index in [-0.39, 0.29) is 18.3 Å². The summed E-state index contributed by atoms with van der Waals surface area (Å²) in [5.74, 6) is 1.82. The molecular weight excluding hydrogens is 366 g/mol. The Morgan fingerprint density at radius 1 is 0.897 bits per heavy atom. The van der Waals surface area contributed by atoms with E-state index in [1.54, 1.807) is 18.2 Å². The molecule has 1 heterocycles. The minimum absolute atomic E-state index is 0.216. The molecule has 0 unspecified atom stereocenters. The summed E-state index contributed by atoms with van der Waals surface area (Å²) in [5, 5.41) is 5.09. The van der Waals surface area contributed by atoms with Crippen molar-refractivity contribution >= 4 is 22.4 Å². The number of carbonyl (C=O) groups is 1. The van der Waals surface area contributed by atoms with Gasteiger partial charge in [0.2, 0.25) is 0 Å². The molecule has 1 N–H and O–H groups in total. The molecule has 1 amide bonds. The van der Waals surface area contributed by atoms with E-state index in [9.17, 15) is 4.79 Å². The molecule has 4 aromatic rings. The minimum atomic E-state index is -0.339. The molecule has 0 saturated carbocycles. The van der Waals surface area contributed by atoms with Crippen LogP contribution < -0.4 is 14.8 Å². The molecule has 0 fully saturated rings. The lowest BCUT2D eigenvalue weighted by Gasteiger charge is -2.10. The van der Waals surface area contributed by atoms with Gasteiger partial charge in [-0.15, -0.1) is 0 Å². The summed E-state index contributed by atoms with van der Waals surface area (Å²) in [5.41, 5.74) is 0.602. The maximum atomic E-state index is 12.5. The summed E-state index contributed by atoms with van der Waals surface area (Å²) in [6.45, 7) is 2.65. The van der Waals surface area contributed by atoms with Crippen LogP contribution in [-0.2, 0) is 6.61 Å². The standard InChI is InChI=1S/C24H21NO4/c1-2-27-22-10-6-5-9-21(22)25-24(26)23-14-13-20(29-23)16-28-19-12-11-17-7-3-4-8-18(17)15-19/h3-15H,2,16H2,1H3,(H,25,26). The molecule has 0 aliphatic carbocycles. The van der Waals surface area contributed by atoms with Crippen molar-refractivity contribution in [3.8, 4) is 11.5 Å². The third kappa shape index (κ3) is 4.41. The number of benzene rings is 3. The van der Waals surface area contributed by atoms with Crippen molar-refractivity contribution in [2.45, 2.75) is 13.5 Å². The minimum Gasteiger partial charge on any atom is -0.492 e. The Hall–Kier alpha value is -3.73. The zero-order valence-corrected chi connectivity index (χ0v) is 16.1. The van der Waals surface area contributed by atoms with Crippen LogP contribution in [-0.4, -0.2) is 12.5 Å². The van der Waals surface area contributed by atoms with Crippen LogP contribution >= 0.6 is 0 Å². The van der Waals surface area contributed by atoms with Gasteiger partial charge in [0.1, 0.15) is 23.9 Å². The van der Waals surface area contributed by atoms with Crippen LogP contribution in [0.3, 0.4) is 0 Å². The fourth-order valence-corrected chi connectivity index (χ4v) is 3.02. The van der Waals surface area contributed by atoms with Gasteiger partial charge in [-0.3, -0.25) is 4.79 Å². The molecular formula is C24H21NO4. The van der Waals surface area contributed by atoms with Crippen LogP contribution in [0.1, 0.15) is 23.2 Å². The maximum absolute atomic E-state index is 12.5. The van der Waals surface area contributed by atoms with Crippen LogP contribution in [0.5, 0.6) is 11.5 Å². The normalized spacial score (nSPS) is 10.7. The van der Waals surface area contributed by atoms with Crippen molar-refractivity contribution in [2.24, 2.45) is 0 Å². The highest BCUT2D eigenvalue weighted by atomic mass is 16.5. The highest BCUT2D eigenvalue weighted by Gasteiger charge is 2.14. The zero-order chi connectivity index (χ0) is 20.1. The molecule has 0 aliphatic rings. The van der Waals surface area contributed by atoms with Crippen LogP contribution in [0.25, 0.3) is 10.8 Å². The van der Waals surface area contributed by atoms with E-state index < -0.39 is 0 Å². The third-order valence-corrected chi connectivity index (χ3v) is 4.42. The fraction of sp³-hybridized carbons (Fsp3) is 0.125. The molecule has 4 rings (SSSR count). The van der Waals surface area contributed by atoms with Crippen molar-refractivity contribution in [1.29, 1.82) is 0 Å². The van der Waals surface area contributed by atoms with E-state index in [1.807, 2.05) is 61.5 Å². The first-order chi connectivity index (χ1) is 14.2. The molecule has 0 spiro atoms. The second-order valence-electron chi connectivity index (χ2n) is 6.45. The lowest BCUT2D eigenvalue weighted by molar-refractivity contribution is 0.0992. The average Bonchev–Trinajstić information content (AvgIpc) is 3.23. The maximum Gasteiger partial charge on any atom is 0.291 e. The Balaban J connectivity index is 1.40. The van der Waals surface area contributed by atoms with E-state index in [0.717, 1.165) is 16.5 Å². The second kappa shape index (κ2) is 8.52. The topological polar surface area (TPSA) is 60.7 Å². The molecule has 5 heteroatoms. The van der Waals surface area contributed by atoms with Gasteiger partial charge in [0.15, 0.2) is 5.76 Å². The van der Waals surface area contributed by atoms with Gasteiger partial charge in [0.05, 0.1) is 12.3 Å². The second-order valence-corrected chi connectivity index (χ2v) is 6.45. The summed E-state index contributed by atoms with van der Waals surface area (Å²) in [7, 11) is 0. The Bertz CT molecular complexity index is 1130. The van der Waals surface area contributed by atoms with Crippen molar-refractivity contribution in [3.63, 3.8) is 0 Å². The first-order valence-electron chi connectivity index (χ1n) is 9.46. The SMILES string of the molecule is CCOc1ccccc1NC(=O)c1ccc(COc2ccc3ccccc3c2)o1. The largest absolute Gasteiger partial charge is 0.492 e. The predicted octanol–water partition coefficient (Wildman–Crippen LogP) is 5.66. The number of fused-ring (bicyclic) bond motifs is 1. The van der Waals surface area contributed by atoms with E-state index in [4.69, 9.17) is 13.9 Å². The van der Waals surface area contributed by atoms with Crippen molar-refractivity contribution < 1.29 is 18.7 Å². The monoisotopic (exact) mass is 387 g/mol. The third-order valence-electron chi connectivity index (χ3n) is 4.42. The van der Waals surface area contributed by atoms with Gasteiger partial charge in [0, 0.05) is 0 Å². The number of nitrogens with one attached hydrogen (secondary N) is 1. The van der Waals surface area contributed by atoms with Crippen LogP contribution in [0, 0.1) is 0 Å². The lowest BCUT2D eigenvalue weighted by atomic mass is 10.1. The van der Waals surface area contributed by atoms with Gasteiger partial charge in [-0.1, -0.05) is 42.5 Å². The van der Waals surface area contributed by atoms with E-state index in [1.165, 1.54) is 0 Å². The van der Waals surface area contributed by atoms with E-state index in [0.29, 0.717) is 23.8 Å². The summed E-state index contributed by atoms with van der Waals surface area (Å²) >= 11 is 0. The molecule has 29 heavy (non-hydrogen) atoms. The van der Waals surface area contributed by atoms with Gasteiger partial charge in [0.25, 0.3) is 5.91 Å². The molecule has 0 bridgehead atoms. The number of hydrogen-bond acceptors (Lipinski definition) is 4. The molecule has 146 valence electrons. The van der Waals surface area contributed by atoms with Crippen molar-refractivity contribution in [2.75, 3.05) is 11.9 Å². The summed E-state index contributed by atoms with van der Waals surface area (Å²) < 4.78 is 17.0. The fourth-order valence-electron chi connectivity index (χ4n) is 3.02. The number of ether oxygens (including phenoxy) is 2. The van der Waals surface area contributed by atoms with Crippen LogP contribution in [0.15, 0.2) is 83.3 Å². The summed E-state index contributed by atoms with van der Waals surface area (Å²) in [6.07, 6.45) is 0. The van der Waals surface area contributed by atoms with Crippen LogP contribution in [0.4, 0.5) is 5.69 Å². The van der Waals surface area contributed by atoms with Gasteiger partial charge < -0.3 is 19.2 Å². The number of furan rings is 1. The molecule has 5 nitrogen and oxygen atoms in total. The number of amides is 1. The molecule has 0 saturated heterocycles. The summed E-state index contributed by atoms with van der Waals surface area (Å²) in [6, 6.07) is 24.7. The van der Waals surface area contributed by atoms with Gasteiger partial charge in [-0.05, 0) is 54.1 Å². The molecule has 1 aromatic heterocycles. The Morgan fingerprint density at radius 3 is 2.55 bits per heavy atom. The predicted molar refractivity (Wildman–Crippen MR) is 113 cm³/mol. The molecule has 3 aromatic carbocycles. The first kappa shape index (κ1) is 18.6.